The van der Waals surface area contributed by atoms with E-state index in [1.807, 2.05) is 42.6 Å². The molecular weight excluding hydrogens is 675 g/mol. The molecule has 5 aromatic rings. The second-order valence-corrected chi connectivity index (χ2v) is 14.7. The van der Waals surface area contributed by atoms with Crippen LogP contribution in [0.4, 0.5) is 22.7 Å². The molecule has 0 saturated heterocycles. The summed E-state index contributed by atoms with van der Waals surface area (Å²) in [6, 6.07) is 20.5. The largest absolute Gasteiger partial charge is 0.582 e. The quantitative estimate of drug-likeness (QED) is 0.0870. The van der Waals surface area contributed by atoms with Gasteiger partial charge in [-0.05, 0) is 69.0 Å². The molecule has 1 atom stereocenters. The fraction of sp³-hybridized carbons (Fsp3) is 0.222. The van der Waals surface area contributed by atoms with Crippen molar-refractivity contribution in [3.05, 3.63) is 94.6 Å². The molecule has 7 rings (SSSR count). The van der Waals surface area contributed by atoms with E-state index in [4.69, 9.17) is 14.2 Å². The van der Waals surface area contributed by atoms with E-state index >= 15 is 0 Å². The first kappa shape index (κ1) is 33.1. The molecule has 12 nitrogen and oxygen atoms in total. The lowest BCUT2D eigenvalue weighted by molar-refractivity contribution is 0.0606. The van der Waals surface area contributed by atoms with Gasteiger partial charge in [0.1, 0.15) is 10.6 Å². The molecule has 0 saturated carbocycles. The third-order valence-corrected chi connectivity index (χ3v) is 11.1. The average Bonchev–Trinajstić information content (AvgIpc) is 3.80. The number of methoxy groups -OCH3 is 2. The monoisotopic (exact) mass is 708 g/mol. The molecule has 14 heteroatoms. The van der Waals surface area contributed by atoms with Crippen molar-refractivity contribution in [1.82, 2.24) is 4.57 Å². The Morgan fingerprint density at radius 1 is 1.06 bits per heavy atom. The molecular formula is C36H34N5O7SSi-. The number of para-hydroxylation sites is 1. The van der Waals surface area contributed by atoms with Crippen LogP contribution in [0, 0.1) is 0 Å². The number of thiophene rings is 1. The minimum atomic E-state index is -2.00. The SMILES string of the molecule is COC(=O)c1cc2cc(NC(=O)c3cc(N[Si-](O)CCCOc4cc5c(cc4OC)C(=O)N4c6ccccc6C[C@H]4C=N5)cn3C)ccc2s1. The molecule has 50 heavy (non-hydrogen) atoms. The Kier molecular flexibility index (Phi) is 9.14. The number of aryl methyl sites for hydroxylation is 1. The molecule has 0 aliphatic carbocycles. The number of nitrogens with one attached hydrogen (secondary N) is 2. The Balaban J connectivity index is 0.935. The molecule has 0 bridgehead atoms. The number of nitrogens with zero attached hydrogens (tertiary/aromatic N) is 3. The summed E-state index contributed by atoms with van der Waals surface area (Å²) < 4.78 is 19.0. The number of hydrogen-bond acceptors (Lipinski definition) is 10. The van der Waals surface area contributed by atoms with Gasteiger partial charge in [0.2, 0.25) is 0 Å². The van der Waals surface area contributed by atoms with E-state index in [1.165, 1.54) is 25.6 Å². The van der Waals surface area contributed by atoms with Gasteiger partial charge < -0.3 is 33.9 Å². The van der Waals surface area contributed by atoms with Crippen molar-refractivity contribution in [2.75, 3.05) is 36.0 Å². The molecule has 2 aromatic heterocycles. The van der Waals surface area contributed by atoms with Gasteiger partial charge in [0.25, 0.3) is 11.8 Å². The molecule has 3 aromatic carbocycles. The number of anilines is 3. The molecule has 2 amide bonds. The summed E-state index contributed by atoms with van der Waals surface area (Å²) in [6.45, 7) is 0.309. The Morgan fingerprint density at radius 2 is 1.90 bits per heavy atom. The van der Waals surface area contributed by atoms with E-state index in [1.54, 1.807) is 53.0 Å². The maximum Gasteiger partial charge on any atom is 0.348 e. The van der Waals surface area contributed by atoms with Crippen molar-refractivity contribution in [1.29, 1.82) is 0 Å². The fourth-order valence-electron chi connectivity index (χ4n) is 6.22. The normalized spacial score (nSPS) is 14.6. The molecule has 0 spiro atoms. The van der Waals surface area contributed by atoms with E-state index in [9.17, 15) is 19.2 Å². The second-order valence-electron chi connectivity index (χ2n) is 11.9. The van der Waals surface area contributed by atoms with Gasteiger partial charge in [-0.1, -0.05) is 18.2 Å². The van der Waals surface area contributed by atoms with Crippen LogP contribution < -0.4 is 24.7 Å². The maximum absolute atomic E-state index is 13.6. The number of esters is 1. The van der Waals surface area contributed by atoms with E-state index in [-0.39, 0.29) is 17.9 Å². The molecule has 256 valence electrons. The zero-order valence-corrected chi connectivity index (χ0v) is 29.4. The first-order valence-corrected chi connectivity index (χ1v) is 18.4. The molecule has 2 aliphatic heterocycles. The summed E-state index contributed by atoms with van der Waals surface area (Å²) in [5.41, 5.74) is 4.62. The lowest BCUT2D eigenvalue weighted by Gasteiger charge is -2.24. The maximum atomic E-state index is 13.6. The van der Waals surface area contributed by atoms with Crippen molar-refractivity contribution >= 4 is 77.4 Å². The van der Waals surface area contributed by atoms with E-state index in [0.29, 0.717) is 70.2 Å². The number of carbonyl (C=O) groups excluding carboxylic acids is 3. The van der Waals surface area contributed by atoms with Crippen LogP contribution in [0.25, 0.3) is 10.1 Å². The van der Waals surface area contributed by atoms with Gasteiger partial charge in [0.15, 0.2) is 11.5 Å². The highest BCUT2D eigenvalue weighted by Gasteiger charge is 2.36. The predicted molar refractivity (Wildman–Crippen MR) is 195 cm³/mol. The van der Waals surface area contributed by atoms with E-state index < -0.39 is 15.2 Å². The highest BCUT2D eigenvalue weighted by molar-refractivity contribution is 7.20. The Morgan fingerprint density at radius 3 is 2.72 bits per heavy atom. The van der Waals surface area contributed by atoms with Crippen LogP contribution in [-0.2, 0) is 18.2 Å². The molecule has 0 radical (unpaired) electrons. The first-order valence-electron chi connectivity index (χ1n) is 15.9. The smallest absolute Gasteiger partial charge is 0.348 e. The number of aliphatic imine (C=N–C) groups is 1. The predicted octanol–water partition coefficient (Wildman–Crippen LogP) is 5.94. The molecule has 3 N–H and O–H groups in total. The topological polar surface area (TPSA) is 144 Å². The first-order chi connectivity index (χ1) is 24.2. The highest BCUT2D eigenvalue weighted by atomic mass is 32.1. The van der Waals surface area contributed by atoms with Crippen LogP contribution in [0.1, 0.15) is 42.5 Å². The number of hydrogen-bond donors (Lipinski definition) is 3. The van der Waals surface area contributed by atoms with E-state index in [0.717, 1.165) is 21.3 Å². The van der Waals surface area contributed by atoms with Crippen molar-refractivity contribution < 1.29 is 33.4 Å². The van der Waals surface area contributed by atoms with Gasteiger partial charge in [-0.2, -0.15) is 0 Å². The van der Waals surface area contributed by atoms with Gasteiger partial charge in [0, 0.05) is 53.7 Å². The third-order valence-electron chi connectivity index (χ3n) is 8.63. The number of carbonyl (C=O) groups is 3. The van der Waals surface area contributed by atoms with Crippen LogP contribution >= 0.6 is 11.3 Å². The highest BCUT2D eigenvalue weighted by Crippen LogP contribution is 2.41. The van der Waals surface area contributed by atoms with Crippen LogP contribution in [0.2, 0.25) is 6.04 Å². The minimum absolute atomic E-state index is 0.132. The summed E-state index contributed by atoms with van der Waals surface area (Å²) in [7, 11) is 2.63. The second kappa shape index (κ2) is 13.8. The Bertz CT molecular complexity index is 2160. The number of fused-ring (bicyclic) bond motifs is 5. The minimum Gasteiger partial charge on any atom is -0.582 e. The van der Waals surface area contributed by atoms with E-state index in [2.05, 4.69) is 15.3 Å². The summed E-state index contributed by atoms with van der Waals surface area (Å²) in [5.74, 6) is 0.0628. The lowest BCUT2D eigenvalue weighted by atomic mass is 10.1. The standard InChI is InChI=1S/C36H34N5O7SSi/c1-40-20-24(16-29(40)34(42)38-23-9-10-32-22(13-23)15-33(49-32)36(44)47-3)39-50(45)12-6-11-48-31-18-27-26(17-30(31)46-2)35(43)41-25(19-37-27)14-21-7-4-5-8-28(21)41/h4-5,7-10,13,15-20,25,39,45H,6,11-12,14H2,1-3H3,(H,38,42)/q-1/t25-/m0/s1. The summed E-state index contributed by atoms with van der Waals surface area (Å²) in [6.07, 6.45) is 4.83. The molecule has 4 heterocycles. The van der Waals surface area contributed by atoms with Gasteiger partial charge in [0.05, 0.1) is 38.1 Å². The van der Waals surface area contributed by atoms with Crippen LogP contribution in [0.3, 0.4) is 0 Å². The number of rotatable bonds is 11. The summed E-state index contributed by atoms with van der Waals surface area (Å²) >= 11 is 1.33. The Labute approximate surface area is 293 Å². The zero-order valence-electron chi connectivity index (χ0n) is 27.6. The average molecular weight is 709 g/mol. The van der Waals surface area contributed by atoms with Crippen molar-refractivity contribution in [3.63, 3.8) is 0 Å². The van der Waals surface area contributed by atoms with Gasteiger partial charge in [-0.3, -0.25) is 19.5 Å². The fourth-order valence-corrected chi connectivity index (χ4v) is 8.25. The van der Waals surface area contributed by atoms with Gasteiger partial charge >= 0.3 is 5.97 Å². The van der Waals surface area contributed by atoms with Crippen molar-refractivity contribution in [3.8, 4) is 11.5 Å². The number of ether oxygens (including phenoxy) is 3. The molecule has 0 fully saturated rings. The van der Waals surface area contributed by atoms with Crippen molar-refractivity contribution in [2.24, 2.45) is 12.0 Å². The molecule has 0 unspecified atom stereocenters. The van der Waals surface area contributed by atoms with Crippen LogP contribution in [-0.4, -0.2) is 69.4 Å². The van der Waals surface area contributed by atoms with Gasteiger partial charge in [-0.25, -0.2) is 4.79 Å². The number of aromatic nitrogens is 1. The van der Waals surface area contributed by atoms with Crippen LogP contribution in [0.15, 0.2) is 77.9 Å². The van der Waals surface area contributed by atoms with Gasteiger partial charge in [-0.15, -0.1) is 17.4 Å². The Hall–Kier alpha value is -5.44. The third kappa shape index (κ3) is 6.47. The lowest BCUT2D eigenvalue weighted by Crippen LogP contribution is -2.37. The molecule has 2 aliphatic rings. The summed E-state index contributed by atoms with van der Waals surface area (Å²) in [5, 5.41) is 3.73. The summed E-state index contributed by atoms with van der Waals surface area (Å²) in [4.78, 5) is 59.5. The van der Waals surface area contributed by atoms with Crippen LogP contribution in [0.5, 0.6) is 11.5 Å². The number of benzene rings is 3. The zero-order chi connectivity index (χ0) is 34.9. The van der Waals surface area contributed by atoms with Crippen molar-refractivity contribution in [2.45, 2.75) is 24.9 Å². The number of amides is 2.